The van der Waals surface area contributed by atoms with E-state index in [4.69, 9.17) is 11.6 Å². The van der Waals surface area contributed by atoms with Crippen LogP contribution in [0.25, 0.3) is 0 Å². The Bertz CT molecular complexity index is 101. The van der Waals surface area contributed by atoms with Gasteiger partial charge in [-0.15, -0.1) is 0 Å². The standard InChI is InChI=1S/C5H7ClOS/c1-5(7)8-4-2-3-6/h2-3H,4H2,1H3/b3-2+. The van der Waals surface area contributed by atoms with Gasteiger partial charge in [-0.05, 0) is 0 Å². The highest BCUT2D eigenvalue weighted by molar-refractivity contribution is 8.13. The van der Waals surface area contributed by atoms with Crippen molar-refractivity contribution >= 4 is 28.5 Å². The summed E-state index contributed by atoms with van der Waals surface area (Å²) in [4.78, 5) is 10.2. The summed E-state index contributed by atoms with van der Waals surface area (Å²) in [6, 6.07) is 0. The first kappa shape index (κ1) is 8.05. The highest BCUT2D eigenvalue weighted by Crippen LogP contribution is 2.00. The minimum atomic E-state index is 0.125. The molecule has 46 valence electrons. The molecule has 0 aromatic rings. The van der Waals surface area contributed by atoms with Crippen molar-refractivity contribution in [2.75, 3.05) is 5.75 Å². The molecule has 0 aliphatic carbocycles. The van der Waals surface area contributed by atoms with E-state index in [1.54, 1.807) is 6.08 Å². The monoisotopic (exact) mass is 150 g/mol. The van der Waals surface area contributed by atoms with Gasteiger partial charge >= 0.3 is 0 Å². The number of hydrogen-bond donors (Lipinski definition) is 0. The zero-order valence-electron chi connectivity index (χ0n) is 4.56. The fourth-order valence-corrected chi connectivity index (χ4v) is 0.824. The van der Waals surface area contributed by atoms with Gasteiger partial charge in [0.15, 0.2) is 5.12 Å². The van der Waals surface area contributed by atoms with Crippen LogP contribution in [0.15, 0.2) is 11.6 Å². The average molecular weight is 151 g/mol. The summed E-state index contributed by atoms with van der Waals surface area (Å²) in [5.41, 5.74) is 1.41. The molecular weight excluding hydrogens is 144 g/mol. The minimum absolute atomic E-state index is 0.125. The lowest BCUT2D eigenvalue weighted by Gasteiger charge is -1.83. The molecule has 0 fully saturated rings. The number of carbonyl (C=O) groups excluding carboxylic acids is 1. The molecule has 0 saturated carbocycles. The largest absolute Gasteiger partial charge is 0.288 e. The van der Waals surface area contributed by atoms with Crippen molar-refractivity contribution in [3.05, 3.63) is 11.6 Å². The van der Waals surface area contributed by atoms with Crippen molar-refractivity contribution in [3.63, 3.8) is 0 Å². The number of thioether (sulfide) groups is 1. The van der Waals surface area contributed by atoms with Gasteiger partial charge in [0.05, 0.1) is 0 Å². The van der Waals surface area contributed by atoms with Gasteiger partial charge in [0.25, 0.3) is 0 Å². The van der Waals surface area contributed by atoms with Gasteiger partial charge in [-0.1, -0.05) is 29.4 Å². The molecule has 0 heterocycles. The maximum Gasteiger partial charge on any atom is 0.186 e. The third-order valence-corrected chi connectivity index (χ3v) is 1.42. The van der Waals surface area contributed by atoms with Crippen LogP contribution in [0.5, 0.6) is 0 Å². The van der Waals surface area contributed by atoms with Crippen LogP contribution in [-0.2, 0) is 4.79 Å². The van der Waals surface area contributed by atoms with Crippen LogP contribution in [-0.4, -0.2) is 10.9 Å². The van der Waals surface area contributed by atoms with Crippen molar-refractivity contribution in [2.45, 2.75) is 6.92 Å². The number of carbonyl (C=O) groups is 1. The van der Waals surface area contributed by atoms with Gasteiger partial charge in [-0.2, -0.15) is 0 Å². The quantitative estimate of drug-likeness (QED) is 0.599. The molecule has 0 amide bonds. The molecule has 1 nitrogen and oxygen atoms in total. The van der Waals surface area contributed by atoms with Crippen LogP contribution >= 0.6 is 23.4 Å². The summed E-state index contributed by atoms with van der Waals surface area (Å²) in [6.07, 6.45) is 1.73. The van der Waals surface area contributed by atoms with Gasteiger partial charge in [-0.25, -0.2) is 0 Å². The molecule has 0 radical (unpaired) electrons. The lowest BCUT2D eigenvalue weighted by Crippen LogP contribution is -1.80. The Morgan fingerprint density at radius 1 is 1.88 bits per heavy atom. The van der Waals surface area contributed by atoms with Crippen LogP contribution in [0.2, 0.25) is 0 Å². The van der Waals surface area contributed by atoms with Crippen molar-refractivity contribution in [3.8, 4) is 0 Å². The molecular formula is C5H7ClOS. The Balaban J connectivity index is 3.05. The zero-order valence-corrected chi connectivity index (χ0v) is 6.13. The first-order chi connectivity index (χ1) is 3.77. The van der Waals surface area contributed by atoms with E-state index in [0.29, 0.717) is 5.75 Å². The second kappa shape index (κ2) is 5.19. The second-order valence-electron chi connectivity index (χ2n) is 1.16. The lowest BCUT2D eigenvalue weighted by atomic mass is 10.8. The van der Waals surface area contributed by atoms with E-state index in [1.165, 1.54) is 24.2 Å². The molecule has 0 aliphatic heterocycles. The Labute approximate surface area is 58.1 Å². The fraction of sp³-hybridized carbons (Fsp3) is 0.400. The molecule has 3 heteroatoms. The van der Waals surface area contributed by atoms with E-state index in [0.717, 1.165) is 0 Å². The topological polar surface area (TPSA) is 17.1 Å². The van der Waals surface area contributed by atoms with Crippen LogP contribution < -0.4 is 0 Å². The molecule has 0 atom stereocenters. The van der Waals surface area contributed by atoms with Crippen LogP contribution in [0.4, 0.5) is 0 Å². The average Bonchev–Trinajstić information content (AvgIpc) is 1.66. The Morgan fingerprint density at radius 2 is 2.50 bits per heavy atom. The predicted molar refractivity (Wildman–Crippen MR) is 38.1 cm³/mol. The predicted octanol–water partition coefficient (Wildman–Crippen LogP) is 2.02. The Hall–Kier alpha value is 0.0500. The van der Waals surface area contributed by atoms with E-state index < -0.39 is 0 Å². The zero-order chi connectivity index (χ0) is 6.41. The molecule has 0 spiro atoms. The van der Waals surface area contributed by atoms with E-state index >= 15 is 0 Å². The highest BCUT2D eigenvalue weighted by atomic mass is 35.5. The van der Waals surface area contributed by atoms with Gasteiger partial charge in [0.2, 0.25) is 0 Å². The summed E-state index contributed by atoms with van der Waals surface area (Å²) >= 11 is 6.43. The number of hydrogen-bond acceptors (Lipinski definition) is 2. The second-order valence-corrected chi connectivity index (χ2v) is 2.61. The molecule has 0 unspecified atom stereocenters. The van der Waals surface area contributed by atoms with E-state index in [1.807, 2.05) is 0 Å². The minimum Gasteiger partial charge on any atom is -0.288 e. The van der Waals surface area contributed by atoms with E-state index in [2.05, 4.69) is 0 Å². The first-order valence-corrected chi connectivity index (χ1v) is 3.58. The molecule has 0 N–H and O–H groups in total. The van der Waals surface area contributed by atoms with Crippen LogP contribution in [0, 0.1) is 0 Å². The maximum atomic E-state index is 10.2. The summed E-state index contributed by atoms with van der Waals surface area (Å²) < 4.78 is 0. The number of halogens is 1. The third-order valence-electron chi connectivity index (χ3n) is 0.472. The van der Waals surface area contributed by atoms with Gasteiger partial charge < -0.3 is 0 Å². The lowest BCUT2D eigenvalue weighted by molar-refractivity contribution is -0.109. The fourth-order valence-electron chi connectivity index (χ4n) is 0.202. The molecule has 0 aromatic heterocycles. The van der Waals surface area contributed by atoms with Crippen LogP contribution in [0.3, 0.4) is 0 Å². The van der Waals surface area contributed by atoms with Crippen molar-refractivity contribution in [2.24, 2.45) is 0 Å². The van der Waals surface area contributed by atoms with E-state index in [9.17, 15) is 4.79 Å². The molecule has 0 aromatic carbocycles. The third kappa shape index (κ3) is 6.05. The van der Waals surface area contributed by atoms with Crippen LogP contribution in [0.1, 0.15) is 6.92 Å². The SMILES string of the molecule is CC(=O)SC/C=C/Cl. The van der Waals surface area contributed by atoms with E-state index in [-0.39, 0.29) is 5.12 Å². The Kier molecular flexibility index (Phi) is 5.22. The van der Waals surface area contributed by atoms with Gasteiger partial charge in [-0.3, -0.25) is 4.79 Å². The normalized spacial score (nSPS) is 10.2. The Morgan fingerprint density at radius 3 is 2.88 bits per heavy atom. The molecule has 8 heavy (non-hydrogen) atoms. The summed E-state index contributed by atoms with van der Waals surface area (Å²) in [7, 11) is 0. The summed E-state index contributed by atoms with van der Waals surface area (Å²) in [5.74, 6) is 0.679. The van der Waals surface area contributed by atoms with Crippen molar-refractivity contribution in [1.82, 2.24) is 0 Å². The highest BCUT2D eigenvalue weighted by Gasteiger charge is 1.86. The van der Waals surface area contributed by atoms with Crippen molar-refractivity contribution < 1.29 is 4.79 Å². The maximum absolute atomic E-state index is 10.2. The molecule has 0 aliphatic rings. The molecule has 0 rings (SSSR count). The smallest absolute Gasteiger partial charge is 0.186 e. The summed E-state index contributed by atoms with van der Waals surface area (Å²) in [5, 5.41) is 0.125. The summed E-state index contributed by atoms with van der Waals surface area (Å²) in [6.45, 7) is 1.53. The van der Waals surface area contributed by atoms with Gasteiger partial charge in [0, 0.05) is 18.2 Å². The number of rotatable bonds is 2. The van der Waals surface area contributed by atoms with Gasteiger partial charge in [0.1, 0.15) is 0 Å². The van der Waals surface area contributed by atoms with Crippen molar-refractivity contribution in [1.29, 1.82) is 0 Å². The first-order valence-electron chi connectivity index (χ1n) is 2.16. The molecule has 0 saturated heterocycles. The molecule has 0 bridgehead atoms.